The highest BCUT2D eigenvalue weighted by Gasteiger charge is 2.09. The third-order valence-corrected chi connectivity index (χ3v) is 3.95. The van der Waals surface area contributed by atoms with Gasteiger partial charge in [0.2, 0.25) is 5.91 Å². The quantitative estimate of drug-likeness (QED) is 0.671. The summed E-state index contributed by atoms with van der Waals surface area (Å²) in [5, 5.41) is 6.01. The SMILES string of the molecule is CCOc1ccc(NC(=O)CNc2ccc(Br)cc2C)cc1OCC. The molecule has 1 amide bonds. The second kappa shape index (κ2) is 9.32. The van der Waals surface area contributed by atoms with Crippen LogP contribution in [0.2, 0.25) is 0 Å². The molecule has 2 aromatic carbocycles. The highest BCUT2D eigenvalue weighted by atomic mass is 79.9. The van der Waals surface area contributed by atoms with Gasteiger partial charge in [0, 0.05) is 21.9 Å². The molecule has 2 aromatic rings. The molecule has 0 fully saturated rings. The molecule has 0 atom stereocenters. The molecule has 0 saturated carbocycles. The van der Waals surface area contributed by atoms with Crippen LogP contribution in [0, 0.1) is 6.92 Å². The van der Waals surface area contributed by atoms with Crippen molar-refractivity contribution in [3.63, 3.8) is 0 Å². The fraction of sp³-hybridized carbons (Fsp3) is 0.316. The van der Waals surface area contributed by atoms with E-state index in [4.69, 9.17) is 9.47 Å². The van der Waals surface area contributed by atoms with Crippen molar-refractivity contribution < 1.29 is 14.3 Å². The summed E-state index contributed by atoms with van der Waals surface area (Å²) in [6.07, 6.45) is 0. The molecule has 25 heavy (non-hydrogen) atoms. The molecule has 0 spiro atoms. The Morgan fingerprint density at radius 2 is 1.76 bits per heavy atom. The summed E-state index contributed by atoms with van der Waals surface area (Å²) in [6, 6.07) is 11.3. The number of rotatable bonds is 8. The van der Waals surface area contributed by atoms with Crippen LogP contribution in [0.4, 0.5) is 11.4 Å². The number of amides is 1. The smallest absolute Gasteiger partial charge is 0.243 e. The lowest BCUT2D eigenvalue weighted by molar-refractivity contribution is -0.114. The molecule has 0 aliphatic rings. The highest BCUT2D eigenvalue weighted by molar-refractivity contribution is 9.10. The van der Waals surface area contributed by atoms with E-state index in [1.54, 1.807) is 18.2 Å². The van der Waals surface area contributed by atoms with Crippen molar-refractivity contribution in [2.75, 3.05) is 30.4 Å². The minimum atomic E-state index is -0.131. The lowest BCUT2D eigenvalue weighted by Crippen LogP contribution is -2.22. The third-order valence-electron chi connectivity index (χ3n) is 3.45. The van der Waals surface area contributed by atoms with Crippen LogP contribution in [0.25, 0.3) is 0 Å². The van der Waals surface area contributed by atoms with Gasteiger partial charge in [0.15, 0.2) is 11.5 Å². The van der Waals surface area contributed by atoms with Gasteiger partial charge in [-0.2, -0.15) is 0 Å². The zero-order valence-corrected chi connectivity index (χ0v) is 16.3. The number of benzene rings is 2. The predicted octanol–water partition coefficient (Wildman–Crippen LogP) is 4.61. The van der Waals surface area contributed by atoms with E-state index >= 15 is 0 Å². The molecule has 0 saturated heterocycles. The van der Waals surface area contributed by atoms with Gasteiger partial charge in [-0.3, -0.25) is 4.79 Å². The zero-order chi connectivity index (χ0) is 18.2. The third kappa shape index (κ3) is 5.67. The van der Waals surface area contributed by atoms with Gasteiger partial charge in [0.05, 0.1) is 19.8 Å². The lowest BCUT2D eigenvalue weighted by atomic mass is 10.2. The minimum Gasteiger partial charge on any atom is -0.490 e. The fourth-order valence-corrected chi connectivity index (χ4v) is 2.81. The van der Waals surface area contributed by atoms with E-state index in [0.717, 1.165) is 15.7 Å². The Balaban J connectivity index is 1.98. The van der Waals surface area contributed by atoms with Gasteiger partial charge in [0.25, 0.3) is 0 Å². The van der Waals surface area contributed by atoms with Crippen LogP contribution in [-0.4, -0.2) is 25.7 Å². The normalized spacial score (nSPS) is 10.2. The van der Waals surface area contributed by atoms with Gasteiger partial charge in [-0.05, 0) is 56.7 Å². The predicted molar refractivity (Wildman–Crippen MR) is 105 cm³/mol. The number of aryl methyl sites for hydroxylation is 1. The van der Waals surface area contributed by atoms with Gasteiger partial charge in [0.1, 0.15) is 0 Å². The van der Waals surface area contributed by atoms with Crippen molar-refractivity contribution in [1.82, 2.24) is 0 Å². The Bertz CT molecular complexity index is 735. The molecule has 5 nitrogen and oxygen atoms in total. The summed E-state index contributed by atoms with van der Waals surface area (Å²) in [5.41, 5.74) is 2.67. The van der Waals surface area contributed by atoms with Crippen LogP contribution < -0.4 is 20.1 Å². The van der Waals surface area contributed by atoms with Crippen LogP contribution in [0.5, 0.6) is 11.5 Å². The van der Waals surface area contributed by atoms with E-state index in [1.807, 2.05) is 39.0 Å². The maximum absolute atomic E-state index is 12.2. The van der Waals surface area contributed by atoms with Crippen molar-refractivity contribution in [2.45, 2.75) is 20.8 Å². The summed E-state index contributed by atoms with van der Waals surface area (Å²) in [6.45, 7) is 7.09. The Morgan fingerprint density at radius 3 is 2.44 bits per heavy atom. The second-order valence-electron chi connectivity index (χ2n) is 5.39. The molecule has 0 unspecified atom stereocenters. The van der Waals surface area contributed by atoms with Gasteiger partial charge in [-0.25, -0.2) is 0 Å². The van der Waals surface area contributed by atoms with Crippen molar-refractivity contribution in [3.05, 3.63) is 46.4 Å². The van der Waals surface area contributed by atoms with E-state index in [1.165, 1.54) is 0 Å². The van der Waals surface area contributed by atoms with E-state index < -0.39 is 0 Å². The molecular weight excluding hydrogens is 384 g/mol. The monoisotopic (exact) mass is 406 g/mol. The van der Waals surface area contributed by atoms with E-state index in [-0.39, 0.29) is 12.5 Å². The summed E-state index contributed by atoms with van der Waals surface area (Å²) in [7, 11) is 0. The largest absolute Gasteiger partial charge is 0.490 e. The average Bonchev–Trinajstić information content (AvgIpc) is 2.57. The Labute approximate surface area is 156 Å². The number of ether oxygens (including phenoxy) is 2. The van der Waals surface area contributed by atoms with Crippen LogP contribution >= 0.6 is 15.9 Å². The Morgan fingerprint density at radius 1 is 1.04 bits per heavy atom. The van der Waals surface area contributed by atoms with E-state index in [9.17, 15) is 4.79 Å². The van der Waals surface area contributed by atoms with Gasteiger partial charge >= 0.3 is 0 Å². The Kier molecular flexibility index (Phi) is 7.13. The first-order chi connectivity index (χ1) is 12.0. The Hall–Kier alpha value is -2.21. The maximum atomic E-state index is 12.2. The molecule has 2 rings (SSSR count). The van der Waals surface area contributed by atoms with Crippen LogP contribution in [0.1, 0.15) is 19.4 Å². The highest BCUT2D eigenvalue weighted by Crippen LogP contribution is 2.30. The van der Waals surface area contributed by atoms with Crippen LogP contribution in [-0.2, 0) is 4.79 Å². The summed E-state index contributed by atoms with van der Waals surface area (Å²) in [5.74, 6) is 1.17. The lowest BCUT2D eigenvalue weighted by Gasteiger charge is -2.14. The first-order valence-corrected chi connectivity index (χ1v) is 9.02. The molecule has 0 heterocycles. The first-order valence-electron chi connectivity index (χ1n) is 8.23. The number of hydrogen-bond acceptors (Lipinski definition) is 4. The van der Waals surface area contributed by atoms with Crippen molar-refractivity contribution in [2.24, 2.45) is 0 Å². The van der Waals surface area contributed by atoms with Crippen molar-refractivity contribution >= 4 is 33.2 Å². The molecule has 0 aromatic heterocycles. The molecule has 6 heteroatoms. The minimum absolute atomic E-state index is 0.131. The molecule has 0 aliphatic carbocycles. The topological polar surface area (TPSA) is 59.6 Å². The van der Waals surface area contributed by atoms with E-state index in [2.05, 4.69) is 26.6 Å². The number of nitrogens with one attached hydrogen (secondary N) is 2. The molecule has 0 radical (unpaired) electrons. The average molecular weight is 407 g/mol. The number of halogens is 1. The molecule has 2 N–H and O–H groups in total. The maximum Gasteiger partial charge on any atom is 0.243 e. The number of anilines is 2. The zero-order valence-electron chi connectivity index (χ0n) is 14.7. The molecule has 0 aliphatic heterocycles. The van der Waals surface area contributed by atoms with E-state index in [0.29, 0.717) is 30.4 Å². The van der Waals surface area contributed by atoms with Gasteiger partial charge in [-0.1, -0.05) is 15.9 Å². The number of carbonyl (C=O) groups excluding carboxylic acids is 1. The van der Waals surface area contributed by atoms with Crippen molar-refractivity contribution in [3.8, 4) is 11.5 Å². The summed E-state index contributed by atoms with van der Waals surface area (Å²) < 4.78 is 12.1. The van der Waals surface area contributed by atoms with Gasteiger partial charge in [-0.15, -0.1) is 0 Å². The number of hydrogen-bond donors (Lipinski definition) is 2. The van der Waals surface area contributed by atoms with Crippen molar-refractivity contribution in [1.29, 1.82) is 0 Å². The van der Waals surface area contributed by atoms with Gasteiger partial charge < -0.3 is 20.1 Å². The summed E-state index contributed by atoms with van der Waals surface area (Å²) >= 11 is 3.43. The molecule has 134 valence electrons. The van der Waals surface area contributed by atoms with Crippen LogP contribution in [0.3, 0.4) is 0 Å². The summed E-state index contributed by atoms with van der Waals surface area (Å²) in [4.78, 5) is 12.2. The standard InChI is InChI=1S/C19H23BrN2O3/c1-4-24-17-9-7-15(11-18(17)25-5-2)22-19(23)12-21-16-8-6-14(20)10-13(16)3/h6-11,21H,4-5,12H2,1-3H3,(H,22,23). The molecular formula is C19H23BrN2O3. The number of carbonyl (C=O) groups is 1. The molecule has 0 bridgehead atoms. The first kappa shape index (κ1) is 19.1. The van der Waals surface area contributed by atoms with Crippen LogP contribution in [0.15, 0.2) is 40.9 Å². The second-order valence-corrected chi connectivity index (χ2v) is 6.30. The fourth-order valence-electron chi connectivity index (χ4n) is 2.33.